The molecule has 80 valence electrons. The highest BCUT2D eigenvalue weighted by Crippen LogP contribution is 2.20. The number of benzene rings is 1. The number of imidazole rings is 1. The average Bonchev–Trinajstić information content (AvgIpc) is 2.94. The van der Waals surface area contributed by atoms with Crippen LogP contribution in [0.3, 0.4) is 0 Å². The summed E-state index contributed by atoms with van der Waals surface area (Å²) in [6.07, 6.45) is 2.81. The van der Waals surface area contributed by atoms with Crippen LogP contribution < -0.4 is 0 Å². The number of rotatable bonds is 2. The topological polar surface area (TPSA) is 30.7 Å². The van der Waals surface area contributed by atoms with Gasteiger partial charge in [0.15, 0.2) is 5.13 Å². The highest BCUT2D eigenvalue weighted by atomic mass is 32.1. The third kappa shape index (κ3) is 1.42. The number of fused-ring (bicyclic) bond motifs is 1. The van der Waals surface area contributed by atoms with Crippen LogP contribution in [-0.4, -0.2) is 14.5 Å². The minimum Gasteiger partial charge on any atom is -0.274 e. The molecule has 0 aliphatic heterocycles. The maximum absolute atomic E-state index is 4.56. The van der Waals surface area contributed by atoms with Crippen molar-refractivity contribution in [3.05, 3.63) is 41.7 Å². The Balaban J connectivity index is 2.18. The fourth-order valence-corrected chi connectivity index (χ4v) is 2.57. The fourth-order valence-electron chi connectivity index (χ4n) is 1.68. The van der Waals surface area contributed by atoms with E-state index in [-0.39, 0.29) is 0 Å². The summed E-state index contributed by atoms with van der Waals surface area (Å²) in [5.74, 6) is 0. The van der Waals surface area contributed by atoms with Gasteiger partial charge in [-0.15, -0.1) is 11.3 Å². The van der Waals surface area contributed by atoms with E-state index in [9.17, 15) is 0 Å². The summed E-state index contributed by atoms with van der Waals surface area (Å²) in [4.78, 5) is 8.92. The van der Waals surface area contributed by atoms with Crippen molar-refractivity contribution in [3.8, 4) is 5.13 Å². The molecule has 0 amide bonds. The molecule has 3 rings (SSSR count). The molecule has 0 atom stereocenters. The molecule has 4 heteroatoms. The van der Waals surface area contributed by atoms with E-state index in [1.165, 1.54) is 0 Å². The summed E-state index contributed by atoms with van der Waals surface area (Å²) >= 11 is 1.66. The summed E-state index contributed by atoms with van der Waals surface area (Å²) in [6.45, 7) is 2.12. The largest absolute Gasteiger partial charge is 0.274 e. The van der Waals surface area contributed by atoms with Crippen LogP contribution in [-0.2, 0) is 6.42 Å². The van der Waals surface area contributed by atoms with Crippen molar-refractivity contribution in [2.24, 2.45) is 0 Å². The summed E-state index contributed by atoms with van der Waals surface area (Å²) in [5.41, 5.74) is 3.26. The van der Waals surface area contributed by atoms with Crippen LogP contribution in [0.2, 0.25) is 0 Å². The molecule has 3 aromatic rings. The first-order valence-corrected chi connectivity index (χ1v) is 6.13. The Morgan fingerprint density at radius 2 is 2.19 bits per heavy atom. The number of aromatic nitrogens is 3. The van der Waals surface area contributed by atoms with Gasteiger partial charge in [-0.05, 0) is 18.6 Å². The standard InChI is InChI=1S/C12H11N3S/c1-2-9-7-16-12(14-9)15-8-13-10-5-3-4-6-11(10)15/h3-8H,2H2,1H3. The van der Waals surface area contributed by atoms with E-state index in [4.69, 9.17) is 0 Å². The molecule has 0 aliphatic rings. The van der Waals surface area contributed by atoms with Gasteiger partial charge in [-0.25, -0.2) is 9.97 Å². The molecule has 3 nitrogen and oxygen atoms in total. The van der Waals surface area contributed by atoms with Crippen LogP contribution in [0.15, 0.2) is 36.0 Å². The number of hydrogen-bond donors (Lipinski definition) is 0. The van der Waals surface area contributed by atoms with Crippen LogP contribution in [0.5, 0.6) is 0 Å². The Morgan fingerprint density at radius 3 is 3.00 bits per heavy atom. The number of aryl methyl sites for hydroxylation is 1. The molecule has 0 bridgehead atoms. The molecule has 16 heavy (non-hydrogen) atoms. The van der Waals surface area contributed by atoms with E-state index < -0.39 is 0 Å². The van der Waals surface area contributed by atoms with Crippen molar-refractivity contribution in [3.63, 3.8) is 0 Å². The van der Waals surface area contributed by atoms with E-state index >= 15 is 0 Å². The van der Waals surface area contributed by atoms with Gasteiger partial charge >= 0.3 is 0 Å². The zero-order valence-electron chi connectivity index (χ0n) is 8.92. The summed E-state index contributed by atoms with van der Waals surface area (Å²) in [6, 6.07) is 8.10. The molecule has 0 unspecified atom stereocenters. The van der Waals surface area contributed by atoms with Gasteiger partial charge < -0.3 is 0 Å². The second-order valence-corrected chi connectivity index (χ2v) is 4.41. The average molecular weight is 229 g/mol. The van der Waals surface area contributed by atoms with Gasteiger partial charge in [0.05, 0.1) is 16.7 Å². The van der Waals surface area contributed by atoms with Crippen LogP contribution in [0.1, 0.15) is 12.6 Å². The van der Waals surface area contributed by atoms with Crippen molar-refractivity contribution in [1.82, 2.24) is 14.5 Å². The van der Waals surface area contributed by atoms with Crippen molar-refractivity contribution < 1.29 is 0 Å². The second kappa shape index (κ2) is 3.72. The SMILES string of the molecule is CCc1csc(-n2cnc3ccccc32)n1. The number of thiazole rings is 1. The molecular weight excluding hydrogens is 218 g/mol. The minimum atomic E-state index is 0.975. The summed E-state index contributed by atoms with van der Waals surface area (Å²) in [7, 11) is 0. The van der Waals surface area contributed by atoms with Gasteiger partial charge in [0.25, 0.3) is 0 Å². The maximum atomic E-state index is 4.56. The minimum absolute atomic E-state index is 0.975. The number of para-hydroxylation sites is 2. The van der Waals surface area contributed by atoms with Gasteiger partial charge in [-0.3, -0.25) is 4.57 Å². The molecule has 0 saturated heterocycles. The lowest BCUT2D eigenvalue weighted by molar-refractivity contribution is 1.00. The smallest absolute Gasteiger partial charge is 0.195 e. The van der Waals surface area contributed by atoms with E-state index in [0.717, 1.165) is 28.3 Å². The highest BCUT2D eigenvalue weighted by molar-refractivity contribution is 7.12. The molecular formula is C12H11N3S. The Bertz CT molecular complexity index is 624. The lowest BCUT2D eigenvalue weighted by Crippen LogP contribution is -1.91. The molecule has 0 N–H and O–H groups in total. The first-order chi connectivity index (χ1) is 7.88. The van der Waals surface area contributed by atoms with E-state index in [1.54, 1.807) is 11.3 Å². The van der Waals surface area contributed by atoms with E-state index in [2.05, 4.69) is 28.3 Å². The van der Waals surface area contributed by atoms with Crippen molar-refractivity contribution in [2.45, 2.75) is 13.3 Å². The predicted octanol–water partition coefficient (Wildman–Crippen LogP) is 3.04. The first kappa shape index (κ1) is 9.54. The molecule has 0 saturated carbocycles. The monoisotopic (exact) mass is 229 g/mol. The second-order valence-electron chi connectivity index (χ2n) is 3.58. The highest BCUT2D eigenvalue weighted by Gasteiger charge is 2.06. The van der Waals surface area contributed by atoms with E-state index in [1.807, 2.05) is 29.1 Å². The van der Waals surface area contributed by atoms with Crippen LogP contribution >= 0.6 is 11.3 Å². The molecule has 0 fully saturated rings. The van der Waals surface area contributed by atoms with Crippen LogP contribution in [0.25, 0.3) is 16.2 Å². The summed E-state index contributed by atoms with van der Waals surface area (Å²) in [5, 5.41) is 3.09. The van der Waals surface area contributed by atoms with Crippen molar-refractivity contribution in [2.75, 3.05) is 0 Å². The summed E-state index contributed by atoms with van der Waals surface area (Å²) < 4.78 is 2.04. The van der Waals surface area contributed by atoms with Gasteiger partial charge in [0, 0.05) is 5.38 Å². The molecule has 0 aliphatic carbocycles. The third-order valence-corrected chi connectivity index (χ3v) is 3.45. The van der Waals surface area contributed by atoms with Gasteiger partial charge in [0.1, 0.15) is 6.33 Å². The lowest BCUT2D eigenvalue weighted by atomic mass is 10.3. The zero-order valence-corrected chi connectivity index (χ0v) is 9.74. The molecule has 0 radical (unpaired) electrons. The Kier molecular flexibility index (Phi) is 2.22. The Morgan fingerprint density at radius 1 is 1.31 bits per heavy atom. The maximum Gasteiger partial charge on any atom is 0.195 e. The van der Waals surface area contributed by atoms with Crippen molar-refractivity contribution in [1.29, 1.82) is 0 Å². The van der Waals surface area contributed by atoms with Gasteiger partial charge in [0.2, 0.25) is 0 Å². The first-order valence-electron chi connectivity index (χ1n) is 5.25. The molecule has 2 heterocycles. The fraction of sp³-hybridized carbons (Fsp3) is 0.167. The Labute approximate surface area is 97.4 Å². The van der Waals surface area contributed by atoms with Crippen LogP contribution in [0.4, 0.5) is 0 Å². The normalized spacial score (nSPS) is 11.1. The lowest BCUT2D eigenvalue weighted by Gasteiger charge is -1.97. The number of nitrogens with zero attached hydrogens (tertiary/aromatic N) is 3. The third-order valence-electron chi connectivity index (χ3n) is 2.56. The molecule has 1 aromatic carbocycles. The Hall–Kier alpha value is -1.68. The molecule has 2 aromatic heterocycles. The quantitative estimate of drug-likeness (QED) is 0.676. The van der Waals surface area contributed by atoms with E-state index in [0.29, 0.717) is 0 Å². The van der Waals surface area contributed by atoms with Crippen LogP contribution in [0, 0.1) is 0 Å². The van der Waals surface area contributed by atoms with Gasteiger partial charge in [-0.2, -0.15) is 0 Å². The zero-order chi connectivity index (χ0) is 11.0. The molecule has 0 spiro atoms. The number of hydrogen-bond acceptors (Lipinski definition) is 3. The van der Waals surface area contributed by atoms with Gasteiger partial charge in [-0.1, -0.05) is 19.1 Å². The van der Waals surface area contributed by atoms with Crippen molar-refractivity contribution >= 4 is 22.4 Å². The predicted molar refractivity (Wildman–Crippen MR) is 66.1 cm³/mol.